The van der Waals surface area contributed by atoms with Crippen LogP contribution in [0.5, 0.6) is 11.5 Å². The van der Waals surface area contributed by atoms with Crippen LogP contribution in [-0.2, 0) is 0 Å². The van der Waals surface area contributed by atoms with Crippen molar-refractivity contribution in [3.8, 4) is 11.5 Å². The Labute approximate surface area is 116 Å². The second kappa shape index (κ2) is 4.65. The summed E-state index contributed by atoms with van der Waals surface area (Å²) in [6.45, 7) is 0. The number of halogens is 3. The Bertz CT molecular complexity index is 722. The number of carbonyl (C=O) groups excluding carboxylic acids is 1. The molecule has 0 unspecified atom stereocenters. The Morgan fingerprint density at radius 1 is 1.19 bits per heavy atom. The fraction of sp³-hybridized carbons (Fsp3) is 0.0769. The van der Waals surface area contributed by atoms with Gasteiger partial charge in [-0.1, -0.05) is 0 Å². The third kappa shape index (κ3) is 2.60. The average molecular weight is 296 g/mol. The topological polar surface area (TPSA) is 60.5 Å². The fourth-order valence-corrected chi connectivity index (χ4v) is 1.78. The van der Waals surface area contributed by atoms with Crippen molar-refractivity contribution in [3.63, 3.8) is 0 Å². The van der Waals surface area contributed by atoms with E-state index in [4.69, 9.17) is 0 Å². The first-order chi connectivity index (χ1) is 9.94. The molecule has 0 spiro atoms. The van der Waals surface area contributed by atoms with Crippen molar-refractivity contribution < 1.29 is 27.4 Å². The maximum atomic E-state index is 13.3. The van der Waals surface area contributed by atoms with Gasteiger partial charge in [0.15, 0.2) is 11.5 Å². The summed E-state index contributed by atoms with van der Waals surface area (Å²) in [5.41, 5.74) is -0.108. The standard InChI is InChI=1S/C13H7F3N2O3/c14-11-8(2-1-5-17-11)12(19)18-7-3-4-9-10(6-7)21-13(15,16)20-9/h1-6H,(H,18,19). The van der Waals surface area contributed by atoms with Gasteiger partial charge in [0, 0.05) is 18.0 Å². The number of nitrogens with one attached hydrogen (secondary N) is 1. The average Bonchev–Trinajstić information content (AvgIpc) is 2.72. The zero-order chi connectivity index (χ0) is 15.0. The van der Waals surface area contributed by atoms with E-state index < -0.39 is 18.1 Å². The lowest BCUT2D eigenvalue weighted by molar-refractivity contribution is -0.286. The van der Waals surface area contributed by atoms with Gasteiger partial charge in [-0.25, -0.2) is 4.98 Å². The summed E-state index contributed by atoms with van der Waals surface area (Å²) < 4.78 is 47.5. The van der Waals surface area contributed by atoms with Gasteiger partial charge in [-0.3, -0.25) is 4.79 Å². The third-order valence-electron chi connectivity index (χ3n) is 2.66. The van der Waals surface area contributed by atoms with Crippen molar-refractivity contribution in [2.75, 3.05) is 5.32 Å². The van der Waals surface area contributed by atoms with Gasteiger partial charge in [-0.15, -0.1) is 8.78 Å². The molecule has 1 aliphatic rings. The molecule has 3 rings (SSSR count). The predicted molar refractivity (Wildman–Crippen MR) is 64.8 cm³/mol. The molecule has 2 heterocycles. The van der Waals surface area contributed by atoms with Gasteiger partial charge in [0.25, 0.3) is 5.91 Å². The Hall–Kier alpha value is -2.77. The van der Waals surface area contributed by atoms with Crippen LogP contribution >= 0.6 is 0 Å². The molecule has 1 aliphatic heterocycles. The quantitative estimate of drug-likeness (QED) is 0.866. The molecule has 1 amide bonds. The summed E-state index contributed by atoms with van der Waals surface area (Å²) in [4.78, 5) is 15.2. The number of carbonyl (C=O) groups is 1. The highest BCUT2D eigenvalue weighted by Gasteiger charge is 2.43. The van der Waals surface area contributed by atoms with E-state index in [1.54, 1.807) is 0 Å². The normalized spacial score (nSPS) is 14.8. The zero-order valence-corrected chi connectivity index (χ0v) is 10.3. The minimum absolute atomic E-state index is 0.148. The summed E-state index contributed by atoms with van der Waals surface area (Å²) in [7, 11) is 0. The van der Waals surface area contributed by atoms with Gasteiger partial charge in [0.1, 0.15) is 0 Å². The lowest BCUT2D eigenvalue weighted by atomic mass is 10.2. The van der Waals surface area contributed by atoms with Crippen molar-refractivity contribution in [1.82, 2.24) is 4.98 Å². The molecule has 8 heteroatoms. The van der Waals surface area contributed by atoms with Crippen LogP contribution in [0.4, 0.5) is 18.9 Å². The molecular weight excluding hydrogens is 289 g/mol. The predicted octanol–water partition coefficient (Wildman–Crippen LogP) is 2.79. The number of aromatic nitrogens is 1. The van der Waals surface area contributed by atoms with Crippen molar-refractivity contribution in [3.05, 3.63) is 48.0 Å². The summed E-state index contributed by atoms with van der Waals surface area (Å²) in [6.07, 6.45) is -2.53. The largest absolute Gasteiger partial charge is 0.586 e. The highest BCUT2D eigenvalue weighted by molar-refractivity contribution is 6.04. The molecule has 1 aromatic carbocycles. The van der Waals surface area contributed by atoms with Crippen LogP contribution in [0.3, 0.4) is 0 Å². The first-order valence-electron chi connectivity index (χ1n) is 5.76. The van der Waals surface area contributed by atoms with E-state index in [2.05, 4.69) is 19.8 Å². The van der Waals surface area contributed by atoms with Gasteiger partial charge in [-0.2, -0.15) is 4.39 Å². The smallest absolute Gasteiger partial charge is 0.395 e. The highest BCUT2D eigenvalue weighted by Crippen LogP contribution is 2.42. The number of nitrogens with zero attached hydrogens (tertiary/aromatic N) is 1. The third-order valence-corrected chi connectivity index (χ3v) is 2.66. The maximum Gasteiger partial charge on any atom is 0.586 e. The van der Waals surface area contributed by atoms with Gasteiger partial charge < -0.3 is 14.8 Å². The Balaban J connectivity index is 1.81. The lowest BCUT2D eigenvalue weighted by Gasteiger charge is -2.06. The highest BCUT2D eigenvalue weighted by atomic mass is 19.3. The number of anilines is 1. The van der Waals surface area contributed by atoms with Crippen molar-refractivity contribution >= 4 is 11.6 Å². The Morgan fingerprint density at radius 3 is 2.71 bits per heavy atom. The van der Waals surface area contributed by atoms with E-state index in [9.17, 15) is 18.0 Å². The van der Waals surface area contributed by atoms with E-state index in [0.717, 1.165) is 6.07 Å². The second-order valence-corrected chi connectivity index (χ2v) is 4.12. The Kier molecular flexibility index (Phi) is 2.93. The molecule has 108 valence electrons. The number of rotatable bonds is 2. The van der Waals surface area contributed by atoms with Gasteiger partial charge in [0.2, 0.25) is 5.95 Å². The molecule has 0 radical (unpaired) electrons. The molecular formula is C13H7F3N2O3. The van der Waals surface area contributed by atoms with Crippen molar-refractivity contribution in [2.24, 2.45) is 0 Å². The number of amides is 1. The number of fused-ring (bicyclic) bond motifs is 1. The van der Waals surface area contributed by atoms with Crippen LogP contribution in [0.2, 0.25) is 0 Å². The minimum atomic E-state index is -3.74. The minimum Gasteiger partial charge on any atom is -0.395 e. The maximum absolute atomic E-state index is 13.3. The molecule has 0 saturated heterocycles. The summed E-state index contributed by atoms with van der Waals surface area (Å²) >= 11 is 0. The molecule has 21 heavy (non-hydrogen) atoms. The summed E-state index contributed by atoms with van der Waals surface area (Å²) in [6, 6.07) is 6.35. The molecule has 1 N–H and O–H groups in total. The van der Waals surface area contributed by atoms with E-state index in [0.29, 0.717) is 0 Å². The zero-order valence-electron chi connectivity index (χ0n) is 10.3. The summed E-state index contributed by atoms with van der Waals surface area (Å²) in [5, 5.41) is 2.36. The van der Waals surface area contributed by atoms with Gasteiger partial charge in [0.05, 0.1) is 5.56 Å². The number of hydrogen-bond donors (Lipinski definition) is 1. The SMILES string of the molecule is O=C(Nc1ccc2c(c1)OC(F)(F)O2)c1cccnc1F. The van der Waals surface area contributed by atoms with Crippen LogP contribution in [-0.4, -0.2) is 17.2 Å². The Morgan fingerprint density at radius 2 is 1.95 bits per heavy atom. The summed E-state index contributed by atoms with van der Waals surface area (Å²) in [5.74, 6) is -2.05. The van der Waals surface area contributed by atoms with Crippen LogP contribution in [0.15, 0.2) is 36.5 Å². The molecule has 0 bridgehead atoms. The van der Waals surface area contributed by atoms with Gasteiger partial charge in [-0.05, 0) is 24.3 Å². The molecule has 1 aromatic heterocycles. The molecule has 0 atom stereocenters. The number of alkyl halides is 2. The van der Waals surface area contributed by atoms with E-state index in [1.165, 1.54) is 30.5 Å². The second-order valence-electron chi connectivity index (χ2n) is 4.12. The number of pyridine rings is 1. The molecule has 5 nitrogen and oxygen atoms in total. The lowest BCUT2D eigenvalue weighted by Crippen LogP contribution is -2.25. The van der Waals surface area contributed by atoms with Crippen LogP contribution in [0.25, 0.3) is 0 Å². The van der Waals surface area contributed by atoms with Gasteiger partial charge >= 0.3 is 6.29 Å². The molecule has 0 aliphatic carbocycles. The number of hydrogen-bond acceptors (Lipinski definition) is 4. The van der Waals surface area contributed by atoms with E-state index in [-0.39, 0.29) is 22.7 Å². The first-order valence-corrected chi connectivity index (χ1v) is 5.76. The van der Waals surface area contributed by atoms with E-state index >= 15 is 0 Å². The van der Waals surface area contributed by atoms with Crippen LogP contribution < -0.4 is 14.8 Å². The molecule has 0 fully saturated rings. The van der Waals surface area contributed by atoms with Crippen LogP contribution in [0, 0.1) is 5.95 Å². The van der Waals surface area contributed by atoms with Crippen molar-refractivity contribution in [2.45, 2.75) is 6.29 Å². The van der Waals surface area contributed by atoms with Crippen LogP contribution in [0.1, 0.15) is 10.4 Å². The molecule has 2 aromatic rings. The number of benzene rings is 1. The monoisotopic (exact) mass is 296 g/mol. The van der Waals surface area contributed by atoms with E-state index in [1.807, 2.05) is 0 Å². The van der Waals surface area contributed by atoms with Crippen molar-refractivity contribution in [1.29, 1.82) is 0 Å². The number of ether oxygens (including phenoxy) is 2. The fourth-order valence-electron chi connectivity index (χ4n) is 1.78. The molecule has 0 saturated carbocycles. The first kappa shape index (κ1) is 13.2.